The minimum Gasteiger partial charge on any atom is -0.317 e. The van der Waals surface area contributed by atoms with Gasteiger partial charge in [0.2, 0.25) is 0 Å². The first-order valence-electron chi connectivity index (χ1n) is 4.38. The van der Waals surface area contributed by atoms with Crippen molar-refractivity contribution < 1.29 is 15.2 Å². The zero-order valence-corrected chi connectivity index (χ0v) is 8.16. The van der Waals surface area contributed by atoms with E-state index < -0.39 is 6.04 Å². The van der Waals surface area contributed by atoms with Crippen molar-refractivity contribution in [3.8, 4) is 0 Å². The van der Waals surface area contributed by atoms with E-state index in [1.165, 1.54) is 14.0 Å². The van der Waals surface area contributed by atoms with Crippen LogP contribution in [0.5, 0.6) is 0 Å². The molecule has 5 heteroatoms. The monoisotopic (exact) mass is 190 g/mol. The van der Waals surface area contributed by atoms with Crippen LogP contribution in [0.3, 0.4) is 0 Å². The average molecular weight is 190 g/mol. The van der Waals surface area contributed by atoms with Crippen molar-refractivity contribution in [3.63, 3.8) is 0 Å². The molecule has 0 spiro atoms. The van der Waals surface area contributed by atoms with Crippen LogP contribution in [-0.2, 0) is 4.79 Å². The molecule has 0 aliphatic heterocycles. The standard InChI is InChI=1S/C8H18N2O3/c1-7(11)8(10(2)13)5-3-4-6-9-12/h8-9,12-13H,3-6H2,1-2H3. The molecule has 0 rings (SSSR count). The minimum absolute atomic E-state index is 0.0399. The first kappa shape index (κ1) is 12.5. The topological polar surface area (TPSA) is 72.8 Å². The van der Waals surface area contributed by atoms with Gasteiger partial charge in [-0.1, -0.05) is 0 Å². The lowest BCUT2D eigenvalue weighted by Crippen LogP contribution is -2.34. The van der Waals surface area contributed by atoms with Crippen LogP contribution in [0, 0.1) is 0 Å². The third-order valence-electron chi connectivity index (χ3n) is 1.94. The molecule has 0 aromatic rings. The van der Waals surface area contributed by atoms with E-state index in [1.54, 1.807) is 0 Å². The summed E-state index contributed by atoms with van der Waals surface area (Å²) < 4.78 is 0. The number of likely N-dealkylation sites (N-methyl/N-ethyl adjacent to an activating group) is 1. The van der Waals surface area contributed by atoms with Gasteiger partial charge >= 0.3 is 0 Å². The number of hydrogen-bond acceptors (Lipinski definition) is 5. The van der Waals surface area contributed by atoms with Gasteiger partial charge in [-0.25, -0.2) is 5.48 Å². The van der Waals surface area contributed by atoms with E-state index in [0.717, 1.165) is 17.9 Å². The number of hydroxylamine groups is 3. The molecule has 0 heterocycles. The Morgan fingerprint density at radius 3 is 2.54 bits per heavy atom. The molecule has 5 nitrogen and oxygen atoms in total. The smallest absolute Gasteiger partial charge is 0.149 e. The molecule has 0 saturated heterocycles. The highest BCUT2D eigenvalue weighted by atomic mass is 16.5. The summed E-state index contributed by atoms with van der Waals surface area (Å²) in [7, 11) is 1.47. The fraction of sp³-hybridized carbons (Fsp3) is 0.875. The molecular formula is C8H18N2O3. The molecule has 0 aliphatic rings. The molecule has 0 aromatic heterocycles. The Labute approximate surface area is 78.3 Å². The van der Waals surface area contributed by atoms with Crippen molar-refractivity contribution in [2.45, 2.75) is 32.2 Å². The van der Waals surface area contributed by atoms with Crippen molar-refractivity contribution in [2.75, 3.05) is 13.6 Å². The van der Waals surface area contributed by atoms with Gasteiger partial charge in [0, 0.05) is 13.6 Å². The summed E-state index contributed by atoms with van der Waals surface area (Å²) in [4.78, 5) is 11.0. The molecule has 0 fully saturated rings. The largest absolute Gasteiger partial charge is 0.317 e. The van der Waals surface area contributed by atoms with Crippen molar-refractivity contribution in [1.29, 1.82) is 0 Å². The maximum atomic E-state index is 11.0. The molecule has 0 aliphatic carbocycles. The Balaban J connectivity index is 3.64. The normalized spacial score (nSPS) is 13.3. The number of rotatable bonds is 7. The van der Waals surface area contributed by atoms with Gasteiger partial charge in [-0.3, -0.25) is 4.79 Å². The van der Waals surface area contributed by atoms with Crippen molar-refractivity contribution >= 4 is 5.78 Å². The number of carbonyl (C=O) groups is 1. The predicted octanol–water partition coefficient (Wildman–Crippen LogP) is 0.414. The predicted molar refractivity (Wildman–Crippen MR) is 47.7 cm³/mol. The third-order valence-corrected chi connectivity index (χ3v) is 1.94. The molecule has 0 aromatic carbocycles. The Kier molecular flexibility index (Phi) is 6.70. The molecule has 1 unspecified atom stereocenters. The first-order valence-corrected chi connectivity index (χ1v) is 4.38. The molecule has 78 valence electrons. The Hall–Kier alpha value is -0.490. The van der Waals surface area contributed by atoms with Crippen LogP contribution in [0.4, 0.5) is 0 Å². The number of carbonyl (C=O) groups excluding carboxylic acids is 1. The SMILES string of the molecule is CC(=O)C(CCCCNO)N(C)O. The summed E-state index contributed by atoms with van der Waals surface area (Å²) in [5.74, 6) is -0.0399. The van der Waals surface area contributed by atoms with Gasteiger partial charge in [-0.05, 0) is 26.2 Å². The lowest BCUT2D eigenvalue weighted by Gasteiger charge is -2.19. The number of unbranched alkanes of at least 4 members (excludes halogenated alkanes) is 1. The van der Waals surface area contributed by atoms with E-state index in [2.05, 4.69) is 0 Å². The van der Waals surface area contributed by atoms with E-state index in [-0.39, 0.29) is 5.78 Å². The van der Waals surface area contributed by atoms with Crippen LogP contribution in [-0.4, -0.2) is 40.9 Å². The van der Waals surface area contributed by atoms with Gasteiger partial charge in [-0.15, -0.1) is 0 Å². The van der Waals surface area contributed by atoms with Crippen LogP contribution in [0.2, 0.25) is 0 Å². The zero-order chi connectivity index (χ0) is 10.3. The highest BCUT2D eigenvalue weighted by Gasteiger charge is 2.16. The van der Waals surface area contributed by atoms with Crippen LogP contribution in [0.1, 0.15) is 26.2 Å². The van der Waals surface area contributed by atoms with E-state index in [1.807, 2.05) is 5.48 Å². The molecular weight excluding hydrogens is 172 g/mol. The fourth-order valence-corrected chi connectivity index (χ4v) is 1.19. The first-order chi connectivity index (χ1) is 6.09. The van der Waals surface area contributed by atoms with Gasteiger partial charge in [0.25, 0.3) is 0 Å². The number of nitrogens with zero attached hydrogens (tertiary/aromatic N) is 1. The maximum Gasteiger partial charge on any atom is 0.149 e. The summed E-state index contributed by atoms with van der Waals surface area (Å²) in [6.07, 6.45) is 2.20. The van der Waals surface area contributed by atoms with Crippen molar-refractivity contribution in [1.82, 2.24) is 10.5 Å². The second-order valence-corrected chi connectivity index (χ2v) is 3.10. The number of nitrogens with one attached hydrogen (secondary N) is 1. The molecule has 13 heavy (non-hydrogen) atoms. The molecule has 0 saturated carbocycles. The van der Waals surface area contributed by atoms with Crippen LogP contribution in [0.15, 0.2) is 0 Å². The molecule has 3 N–H and O–H groups in total. The van der Waals surface area contributed by atoms with Gasteiger partial charge in [0.1, 0.15) is 5.78 Å². The van der Waals surface area contributed by atoms with Crippen LogP contribution < -0.4 is 5.48 Å². The number of ketones is 1. The van der Waals surface area contributed by atoms with Gasteiger partial charge in [0.05, 0.1) is 6.04 Å². The summed E-state index contributed by atoms with van der Waals surface area (Å²) in [6.45, 7) is 1.97. The number of hydrogen-bond donors (Lipinski definition) is 3. The summed E-state index contributed by atoms with van der Waals surface area (Å²) in [6, 6.07) is -0.418. The van der Waals surface area contributed by atoms with Gasteiger partial charge in [-0.2, -0.15) is 5.06 Å². The molecule has 1 atom stereocenters. The lowest BCUT2D eigenvalue weighted by molar-refractivity contribution is -0.143. The summed E-state index contributed by atoms with van der Waals surface area (Å²) in [5.41, 5.74) is 2.04. The average Bonchev–Trinajstić information content (AvgIpc) is 2.02. The highest BCUT2D eigenvalue weighted by molar-refractivity contribution is 5.81. The van der Waals surface area contributed by atoms with E-state index in [4.69, 9.17) is 10.4 Å². The quantitative estimate of drug-likeness (QED) is 0.400. The fourth-order valence-electron chi connectivity index (χ4n) is 1.19. The summed E-state index contributed by atoms with van der Waals surface area (Å²) in [5, 5.41) is 18.3. The Morgan fingerprint density at radius 1 is 1.54 bits per heavy atom. The third kappa shape index (κ3) is 5.70. The van der Waals surface area contributed by atoms with E-state index in [9.17, 15) is 4.79 Å². The maximum absolute atomic E-state index is 11.0. The van der Waals surface area contributed by atoms with Gasteiger partial charge < -0.3 is 10.4 Å². The van der Waals surface area contributed by atoms with Crippen LogP contribution in [0.25, 0.3) is 0 Å². The molecule has 0 bridgehead atoms. The highest BCUT2D eigenvalue weighted by Crippen LogP contribution is 2.06. The number of Topliss-reactive ketones (excluding diaryl/α,β-unsaturated/α-hetero) is 1. The summed E-state index contributed by atoms with van der Waals surface area (Å²) >= 11 is 0. The van der Waals surface area contributed by atoms with E-state index in [0.29, 0.717) is 13.0 Å². The zero-order valence-electron chi connectivity index (χ0n) is 8.16. The second-order valence-electron chi connectivity index (χ2n) is 3.10. The molecule has 0 amide bonds. The Bertz CT molecular complexity index is 150. The minimum atomic E-state index is -0.418. The Morgan fingerprint density at radius 2 is 2.15 bits per heavy atom. The van der Waals surface area contributed by atoms with Crippen LogP contribution >= 0.6 is 0 Å². The van der Waals surface area contributed by atoms with Gasteiger partial charge in [0.15, 0.2) is 0 Å². The molecule has 0 radical (unpaired) electrons. The van der Waals surface area contributed by atoms with E-state index >= 15 is 0 Å². The van der Waals surface area contributed by atoms with Crippen molar-refractivity contribution in [2.24, 2.45) is 0 Å². The lowest BCUT2D eigenvalue weighted by atomic mass is 10.1. The van der Waals surface area contributed by atoms with Crippen molar-refractivity contribution in [3.05, 3.63) is 0 Å². The second kappa shape index (κ2) is 6.97.